The van der Waals surface area contributed by atoms with E-state index in [-0.39, 0.29) is 29.5 Å². The lowest BCUT2D eigenvalue weighted by atomic mass is 9.90. The molecule has 2 fully saturated rings. The van der Waals surface area contributed by atoms with Gasteiger partial charge in [-0.3, -0.25) is 9.59 Å². The van der Waals surface area contributed by atoms with E-state index in [0.29, 0.717) is 24.7 Å². The zero-order valence-electron chi connectivity index (χ0n) is 19.5. The number of nitrogens with one attached hydrogen (secondary N) is 2. The Bertz CT molecular complexity index is 1230. The molecule has 2 amide bonds. The molecule has 2 aromatic heterocycles. The maximum absolute atomic E-state index is 14.1. The molecule has 11 heteroatoms. The third kappa shape index (κ3) is 5.73. The van der Waals surface area contributed by atoms with Gasteiger partial charge < -0.3 is 20.1 Å². The van der Waals surface area contributed by atoms with Crippen LogP contribution in [-0.2, 0) is 11.3 Å². The number of nitrogens with zero attached hydrogens (tertiary/aromatic N) is 4. The first-order chi connectivity index (χ1) is 17.5. The minimum absolute atomic E-state index is 0.00304. The van der Waals surface area contributed by atoms with Gasteiger partial charge in [0.2, 0.25) is 5.91 Å². The van der Waals surface area contributed by atoms with E-state index in [9.17, 15) is 18.4 Å². The fraction of sp³-hybridized carbons (Fsp3) is 0.400. The van der Waals surface area contributed by atoms with E-state index in [4.69, 9.17) is 4.52 Å². The highest BCUT2D eigenvalue weighted by Gasteiger charge is 2.37. The molecule has 36 heavy (non-hydrogen) atoms. The van der Waals surface area contributed by atoms with Crippen molar-refractivity contribution in [3.05, 3.63) is 65.9 Å². The molecule has 5 rings (SSSR count). The van der Waals surface area contributed by atoms with Crippen molar-refractivity contribution in [2.75, 3.05) is 19.6 Å². The van der Waals surface area contributed by atoms with Gasteiger partial charge in [-0.15, -0.1) is 0 Å². The summed E-state index contributed by atoms with van der Waals surface area (Å²) in [5.41, 5.74) is -0.0531. The van der Waals surface area contributed by atoms with Crippen LogP contribution >= 0.6 is 0 Å². The van der Waals surface area contributed by atoms with Crippen molar-refractivity contribution in [1.29, 1.82) is 0 Å². The Morgan fingerprint density at radius 3 is 2.67 bits per heavy atom. The number of hydrogen-bond acceptors (Lipinski definition) is 7. The Hall–Kier alpha value is -3.73. The zero-order chi connectivity index (χ0) is 25.1. The van der Waals surface area contributed by atoms with Crippen LogP contribution in [0.2, 0.25) is 0 Å². The summed E-state index contributed by atoms with van der Waals surface area (Å²) in [6, 6.07) is 5.63. The average molecular weight is 497 g/mol. The Labute approximate surface area is 206 Å². The molecule has 3 heterocycles. The number of likely N-dealkylation sites (tertiary alicyclic amines) is 1. The molecular formula is C25H26F2N6O3. The highest BCUT2D eigenvalue weighted by molar-refractivity contribution is 5.94. The van der Waals surface area contributed by atoms with Gasteiger partial charge in [-0.25, -0.2) is 18.7 Å². The van der Waals surface area contributed by atoms with E-state index in [0.717, 1.165) is 25.2 Å². The Balaban J connectivity index is 1.27. The quantitative estimate of drug-likeness (QED) is 0.493. The van der Waals surface area contributed by atoms with Gasteiger partial charge >= 0.3 is 0 Å². The minimum Gasteiger partial charge on any atom is -0.355 e. The van der Waals surface area contributed by atoms with Crippen LogP contribution < -0.4 is 10.6 Å². The lowest BCUT2D eigenvalue weighted by Gasteiger charge is -2.38. The van der Waals surface area contributed by atoms with Crippen LogP contribution in [0.25, 0.3) is 11.3 Å². The second kappa shape index (κ2) is 10.5. The second-order valence-corrected chi connectivity index (χ2v) is 9.26. The van der Waals surface area contributed by atoms with Gasteiger partial charge in [0.25, 0.3) is 5.91 Å². The maximum atomic E-state index is 14.1. The SMILES string of the molecule is O=C(N[C@@H]1CCN(CC2CC2)C[C@H]1C(=O)NCc1ncccn1)c1cc(-c2ccc(F)cc2F)on1. The van der Waals surface area contributed by atoms with Crippen molar-refractivity contribution in [3.8, 4) is 11.3 Å². The molecule has 1 aliphatic heterocycles. The number of halogens is 2. The van der Waals surface area contributed by atoms with E-state index in [1.54, 1.807) is 18.5 Å². The van der Waals surface area contributed by atoms with Crippen molar-refractivity contribution >= 4 is 11.8 Å². The number of carbonyl (C=O) groups excluding carboxylic acids is 2. The maximum Gasteiger partial charge on any atom is 0.273 e. The number of carbonyl (C=O) groups is 2. The molecule has 0 spiro atoms. The molecule has 3 aromatic rings. The number of rotatable bonds is 8. The highest BCUT2D eigenvalue weighted by Crippen LogP contribution is 2.31. The summed E-state index contributed by atoms with van der Waals surface area (Å²) in [6.07, 6.45) is 6.23. The first kappa shape index (κ1) is 24.0. The van der Waals surface area contributed by atoms with E-state index in [1.807, 2.05) is 0 Å². The van der Waals surface area contributed by atoms with Crippen molar-refractivity contribution in [3.63, 3.8) is 0 Å². The third-order valence-corrected chi connectivity index (χ3v) is 6.54. The zero-order valence-corrected chi connectivity index (χ0v) is 19.5. The van der Waals surface area contributed by atoms with Gasteiger partial charge in [-0.2, -0.15) is 0 Å². The molecule has 0 unspecified atom stereocenters. The molecule has 9 nitrogen and oxygen atoms in total. The van der Waals surface area contributed by atoms with Crippen molar-refractivity contribution < 1.29 is 22.9 Å². The van der Waals surface area contributed by atoms with E-state index >= 15 is 0 Å². The Morgan fingerprint density at radius 1 is 1.11 bits per heavy atom. The van der Waals surface area contributed by atoms with Crippen molar-refractivity contribution in [2.24, 2.45) is 11.8 Å². The first-order valence-electron chi connectivity index (χ1n) is 11.9. The molecule has 2 N–H and O–H groups in total. The molecule has 188 valence electrons. The Morgan fingerprint density at radius 2 is 1.92 bits per heavy atom. The molecule has 2 aliphatic rings. The smallest absolute Gasteiger partial charge is 0.273 e. The van der Waals surface area contributed by atoms with Crippen molar-refractivity contribution in [2.45, 2.75) is 31.8 Å². The minimum atomic E-state index is -0.819. The topological polar surface area (TPSA) is 113 Å². The Kier molecular flexibility index (Phi) is 6.99. The summed E-state index contributed by atoms with van der Waals surface area (Å²) in [5.74, 6) is -1.55. The first-order valence-corrected chi connectivity index (χ1v) is 11.9. The van der Waals surface area contributed by atoms with Crippen LogP contribution in [0.5, 0.6) is 0 Å². The lowest BCUT2D eigenvalue weighted by molar-refractivity contribution is -0.127. The van der Waals surface area contributed by atoms with Gasteiger partial charge in [-0.05, 0) is 43.4 Å². The average Bonchev–Trinajstić information content (AvgIpc) is 3.56. The van der Waals surface area contributed by atoms with Crippen LogP contribution in [0.15, 0.2) is 47.2 Å². The van der Waals surface area contributed by atoms with Crippen LogP contribution in [-0.4, -0.2) is 57.5 Å². The van der Waals surface area contributed by atoms with Crippen LogP contribution in [0.3, 0.4) is 0 Å². The third-order valence-electron chi connectivity index (χ3n) is 6.54. The van der Waals surface area contributed by atoms with Crippen LogP contribution in [0.4, 0.5) is 8.78 Å². The molecule has 2 atom stereocenters. The lowest BCUT2D eigenvalue weighted by Crippen LogP contribution is -2.56. The molecule has 1 saturated heterocycles. The summed E-state index contributed by atoms with van der Waals surface area (Å²) in [5, 5.41) is 9.55. The molecule has 1 saturated carbocycles. The molecule has 1 aliphatic carbocycles. The van der Waals surface area contributed by atoms with Gasteiger partial charge in [0.05, 0.1) is 18.0 Å². The fourth-order valence-electron chi connectivity index (χ4n) is 4.45. The summed E-state index contributed by atoms with van der Waals surface area (Å²) in [7, 11) is 0. The van der Waals surface area contributed by atoms with Crippen molar-refractivity contribution in [1.82, 2.24) is 30.7 Å². The number of hydrogen-bond donors (Lipinski definition) is 2. The van der Waals surface area contributed by atoms with Gasteiger partial charge in [0.1, 0.15) is 17.5 Å². The monoisotopic (exact) mass is 496 g/mol. The van der Waals surface area contributed by atoms with E-state index < -0.39 is 29.5 Å². The number of piperidine rings is 1. The van der Waals surface area contributed by atoms with E-state index in [1.165, 1.54) is 25.0 Å². The summed E-state index contributed by atoms with van der Waals surface area (Å²) < 4.78 is 32.5. The second-order valence-electron chi connectivity index (χ2n) is 9.26. The number of amides is 2. The molecule has 1 aromatic carbocycles. The van der Waals surface area contributed by atoms with Crippen LogP contribution in [0.1, 0.15) is 35.6 Å². The normalized spacial score (nSPS) is 20.2. The molecular weight excluding hydrogens is 470 g/mol. The van der Waals surface area contributed by atoms with Gasteiger partial charge in [-0.1, -0.05) is 5.16 Å². The van der Waals surface area contributed by atoms with Crippen LogP contribution in [0, 0.1) is 23.5 Å². The number of benzene rings is 1. The number of aromatic nitrogens is 3. The largest absolute Gasteiger partial charge is 0.355 e. The predicted molar refractivity (Wildman–Crippen MR) is 124 cm³/mol. The summed E-state index contributed by atoms with van der Waals surface area (Å²) in [4.78, 5) is 36.6. The van der Waals surface area contributed by atoms with Gasteiger partial charge in [0.15, 0.2) is 11.5 Å². The summed E-state index contributed by atoms with van der Waals surface area (Å²) >= 11 is 0. The van der Waals surface area contributed by atoms with E-state index in [2.05, 4.69) is 30.7 Å². The van der Waals surface area contributed by atoms with Gasteiger partial charge in [0, 0.05) is 50.2 Å². The predicted octanol–water partition coefficient (Wildman–Crippen LogP) is 2.56. The highest BCUT2D eigenvalue weighted by atomic mass is 19.1. The fourth-order valence-corrected chi connectivity index (χ4v) is 4.45. The molecule has 0 bridgehead atoms. The standard InChI is InChI=1S/C25H26F2N6O3/c26-16-4-5-17(19(27)10-16)22-11-21(32-36-22)25(35)31-20-6-9-33(13-15-2-3-15)14-18(20)24(34)30-12-23-28-7-1-8-29-23/h1,4-5,7-8,10-11,15,18,20H,2-3,6,9,12-14H2,(H,30,34)(H,31,35)/t18-,20-/m1/s1. The summed E-state index contributed by atoms with van der Waals surface area (Å²) in [6.45, 7) is 2.42. The molecule has 0 radical (unpaired) electrons.